The van der Waals surface area contributed by atoms with Crippen LogP contribution in [0.1, 0.15) is 9.75 Å². The molecule has 31 heavy (non-hydrogen) atoms. The van der Waals surface area contributed by atoms with Crippen LogP contribution in [0.2, 0.25) is 0 Å². The van der Waals surface area contributed by atoms with E-state index in [0.29, 0.717) is 6.61 Å². The van der Waals surface area contributed by atoms with Crippen molar-refractivity contribution in [3.8, 4) is 0 Å². The minimum absolute atomic E-state index is 0.0947. The van der Waals surface area contributed by atoms with E-state index in [-0.39, 0.29) is 6.61 Å². The van der Waals surface area contributed by atoms with E-state index in [9.17, 15) is 5.11 Å². The van der Waals surface area contributed by atoms with Crippen molar-refractivity contribution in [3.63, 3.8) is 0 Å². The smallest absolute Gasteiger partial charge is 0.0806 e. The standard InChI is InChI=1S/C25H16O2S4/c1-27-11-13-9-15-17(29-13)3-5-19-23(15)25-21(31-19)7-6-20-24(25)22-14-8-12(10-26)28-16(14)2-4-18(22)30-20/h2-9,26H,10-11H2,1H3. The molecule has 6 heteroatoms. The third-order valence-electron chi connectivity index (χ3n) is 5.94. The predicted octanol–water partition coefficient (Wildman–Crippen LogP) is 8.49. The highest BCUT2D eigenvalue weighted by Crippen LogP contribution is 2.49. The zero-order valence-corrected chi connectivity index (χ0v) is 19.8. The second kappa shape index (κ2) is 6.72. The molecule has 7 rings (SSSR count). The van der Waals surface area contributed by atoms with Crippen LogP contribution in [-0.2, 0) is 18.0 Å². The van der Waals surface area contributed by atoms with E-state index >= 15 is 0 Å². The fraction of sp³-hybridized carbons (Fsp3) is 0.120. The number of hydrogen-bond donors (Lipinski definition) is 1. The molecule has 0 fully saturated rings. The molecule has 0 atom stereocenters. The molecule has 4 aromatic heterocycles. The van der Waals surface area contributed by atoms with Gasteiger partial charge < -0.3 is 9.84 Å². The largest absolute Gasteiger partial charge is 0.391 e. The van der Waals surface area contributed by atoms with Crippen molar-refractivity contribution >= 4 is 106 Å². The molecule has 7 aromatic rings. The maximum Gasteiger partial charge on any atom is 0.0806 e. The quantitative estimate of drug-likeness (QED) is 0.277. The zero-order valence-electron chi connectivity index (χ0n) is 16.5. The van der Waals surface area contributed by atoms with Gasteiger partial charge in [-0.3, -0.25) is 0 Å². The van der Waals surface area contributed by atoms with E-state index in [2.05, 4.69) is 48.5 Å². The SMILES string of the molecule is COCc1cc2c(ccc3sc4ccc5sc6ccc7sc(CO)cc7c6c5c4c32)s1. The van der Waals surface area contributed by atoms with Gasteiger partial charge in [0.25, 0.3) is 0 Å². The summed E-state index contributed by atoms with van der Waals surface area (Å²) in [4.78, 5) is 2.29. The molecule has 0 saturated heterocycles. The Hall–Kier alpha value is -2.06. The van der Waals surface area contributed by atoms with Gasteiger partial charge in [-0.15, -0.1) is 45.3 Å². The Kier molecular flexibility index (Phi) is 4.01. The maximum absolute atomic E-state index is 9.72. The molecule has 0 aliphatic heterocycles. The zero-order chi connectivity index (χ0) is 20.7. The second-order valence-corrected chi connectivity index (χ2v) is 12.2. The number of ether oxygens (including phenoxy) is 1. The molecule has 4 heterocycles. The van der Waals surface area contributed by atoms with Crippen LogP contribution in [-0.4, -0.2) is 12.2 Å². The van der Waals surface area contributed by atoms with Crippen LogP contribution in [0.4, 0.5) is 0 Å². The topological polar surface area (TPSA) is 29.5 Å². The van der Waals surface area contributed by atoms with Crippen LogP contribution in [0.3, 0.4) is 0 Å². The van der Waals surface area contributed by atoms with Gasteiger partial charge in [-0.05, 0) is 48.5 Å². The molecule has 0 spiro atoms. The number of aliphatic hydroxyl groups is 1. The fourth-order valence-electron chi connectivity index (χ4n) is 4.73. The Labute approximate surface area is 193 Å². The number of benzene rings is 3. The molecule has 152 valence electrons. The summed E-state index contributed by atoms with van der Waals surface area (Å²) in [5, 5.41) is 17.8. The summed E-state index contributed by atoms with van der Waals surface area (Å²) >= 11 is 7.27. The molecule has 1 N–H and O–H groups in total. The summed E-state index contributed by atoms with van der Waals surface area (Å²) in [6.07, 6.45) is 0. The van der Waals surface area contributed by atoms with Crippen LogP contribution < -0.4 is 0 Å². The number of rotatable bonds is 3. The summed E-state index contributed by atoms with van der Waals surface area (Å²) in [5.41, 5.74) is 0. The van der Waals surface area contributed by atoms with Gasteiger partial charge >= 0.3 is 0 Å². The van der Waals surface area contributed by atoms with Crippen molar-refractivity contribution < 1.29 is 9.84 Å². The highest BCUT2D eigenvalue weighted by atomic mass is 32.1. The van der Waals surface area contributed by atoms with E-state index in [1.807, 2.05) is 34.0 Å². The summed E-state index contributed by atoms with van der Waals surface area (Å²) in [6, 6.07) is 18.0. The molecule has 0 unspecified atom stereocenters. The Morgan fingerprint density at radius 3 is 1.58 bits per heavy atom. The molecule has 0 saturated carbocycles. The van der Waals surface area contributed by atoms with Crippen LogP contribution >= 0.6 is 45.3 Å². The molecule has 2 nitrogen and oxygen atoms in total. The van der Waals surface area contributed by atoms with Gasteiger partial charge in [0.2, 0.25) is 0 Å². The van der Waals surface area contributed by atoms with Gasteiger partial charge in [0, 0.05) is 77.4 Å². The second-order valence-electron chi connectivity index (χ2n) is 7.73. The Morgan fingerprint density at radius 2 is 1.06 bits per heavy atom. The van der Waals surface area contributed by atoms with Crippen LogP contribution in [0, 0.1) is 0 Å². The van der Waals surface area contributed by atoms with Crippen LogP contribution in [0.15, 0.2) is 48.5 Å². The van der Waals surface area contributed by atoms with E-state index in [1.54, 1.807) is 18.4 Å². The minimum Gasteiger partial charge on any atom is -0.391 e. The molecular formula is C25H16O2S4. The third-order valence-corrected chi connectivity index (χ3v) is 10.3. The van der Waals surface area contributed by atoms with Crippen LogP contribution in [0.25, 0.3) is 60.5 Å². The molecule has 3 aromatic carbocycles. The van der Waals surface area contributed by atoms with Gasteiger partial charge in [-0.1, -0.05) is 0 Å². The van der Waals surface area contributed by atoms with Gasteiger partial charge in [-0.2, -0.15) is 0 Å². The highest BCUT2D eigenvalue weighted by Gasteiger charge is 2.18. The predicted molar refractivity (Wildman–Crippen MR) is 140 cm³/mol. The molecule has 0 aliphatic rings. The van der Waals surface area contributed by atoms with E-state index in [4.69, 9.17) is 4.74 Å². The normalized spacial score (nSPS) is 12.6. The third kappa shape index (κ3) is 2.55. The average Bonchev–Trinajstić information content (AvgIpc) is 3.52. The van der Waals surface area contributed by atoms with E-state index in [1.165, 1.54) is 65.4 Å². The van der Waals surface area contributed by atoms with Crippen molar-refractivity contribution in [2.24, 2.45) is 0 Å². The first-order valence-corrected chi connectivity index (χ1v) is 13.3. The average molecular weight is 477 g/mol. The van der Waals surface area contributed by atoms with Crippen LogP contribution in [0.5, 0.6) is 0 Å². The molecule has 0 amide bonds. The molecule has 0 bridgehead atoms. The van der Waals surface area contributed by atoms with Gasteiger partial charge in [0.05, 0.1) is 13.2 Å². The van der Waals surface area contributed by atoms with E-state index < -0.39 is 0 Å². The Bertz CT molecular complexity index is 1790. The number of methoxy groups -OCH3 is 1. The molecule has 0 aliphatic carbocycles. The Balaban J connectivity index is 1.73. The summed E-state index contributed by atoms with van der Waals surface area (Å²) < 4.78 is 13.3. The van der Waals surface area contributed by atoms with Crippen molar-refractivity contribution in [2.45, 2.75) is 13.2 Å². The number of hydrogen-bond acceptors (Lipinski definition) is 6. The Morgan fingerprint density at radius 1 is 0.613 bits per heavy atom. The maximum atomic E-state index is 9.72. The highest BCUT2D eigenvalue weighted by molar-refractivity contribution is 7.28. The number of thiophene rings is 4. The lowest BCUT2D eigenvalue weighted by atomic mass is 10.0. The van der Waals surface area contributed by atoms with Gasteiger partial charge in [-0.25, -0.2) is 0 Å². The van der Waals surface area contributed by atoms with Crippen molar-refractivity contribution in [3.05, 3.63) is 58.3 Å². The van der Waals surface area contributed by atoms with Crippen molar-refractivity contribution in [2.75, 3.05) is 7.11 Å². The fourth-order valence-corrected chi connectivity index (χ4v) is 8.97. The lowest BCUT2D eigenvalue weighted by molar-refractivity contribution is 0.187. The lowest BCUT2D eigenvalue weighted by Gasteiger charge is -2.00. The van der Waals surface area contributed by atoms with E-state index in [0.717, 1.165) is 4.88 Å². The van der Waals surface area contributed by atoms with Crippen molar-refractivity contribution in [1.82, 2.24) is 0 Å². The lowest BCUT2D eigenvalue weighted by Crippen LogP contribution is -1.79. The summed E-state index contributed by atoms with van der Waals surface area (Å²) in [6.45, 7) is 0.747. The minimum atomic E-state index is 0.0947. The first kappa shape index (κ1) is 18.5. The van der Waals surface area contributed by atoms with Gasteiger partial charge in [0.15, 0.2) is 0 Å². The first-order valence-electron chi connectivity index (χ1n) is 9.99. The number of aliphatic hydroxyl groups excluding tert-OH is 1. The monoisotopic (exact) mass is 476 g/mol. The first-order chi connectivity index (χ1) is 15.2. The summed E-state index contributed by atoms with van der Waals surface area (Å²) in [5.74, 6) is 0. The molecule has 0 radical (unpaired) electrons. The number of fused-ring (bicyclic) bond motifs is 11. The summed E-state index contributed by atoms with van der Waals surface area (Å²) in [7, 11) is 1.76. The van der Waals surface area contributed by atoms with Crippen molar-refractivity contribution in [1.29, 1.82) is 0 Å². The molecular weight excluding hydrogens is 461 g/mol. The van der Waals surface area contributed by atoms with Gasteiger partial charge in [0.1, 0.15) is 0 Å².